The van der Waals surface area contributed by atoms with E-state index in [-0.39, 0.29) is 5.91 Å². The summed E-state index contributed by atoms with van der Waals surface area (Å²) in [5, 5.41) is 2.91. The van der Waals surface area contributed by atoms with Gasteiger partial charge in [-0.25, -0.2) is 0 Å². The quantitative estimate of drug-likeness (QED) is 0.550. The first-order valence-electron chi connectivity index (χ1n) is 6.71. The Morgan fingerprint density at radius 3 is 2.84 bits per heavy atom. The van der Waals surface area contributed by atoms with Crippen LogP contribution >= 0.6 is 0 Å². The Morgan fingerprint density at radius 2 is 2.11 bits per heavy atom. The first kappa shape index (κ1) is 15.2. The number of benzene rings is 1. The van der Waals surface area contributed by atoms with Crippen molar-refractivity contribution in [2.45, 2.75) is 39.0 Å². The van der Waals surface area contributed by atoms with Gasteiger partial charge in [-0.15, -0.1) is 0 Å². The van der Waals surface area contributed by atoms with Crippen molar-refractivity contribution in [3.8, 4) is 0 Å². The summed E-state index contributed by atoms with van der Waals surface area (Å²) in [7, 11) is 0. The third-order valence-electron chi connectivity index (χ3n) is 2.86. The second-order valence-corrected chi connectivity index (χ2v) is 4.38. The number of anilines is 1. The van der Waals surface area contributed by atoms with Crippen LogP contribution in [0, 0.1) is 0 Å². The van der Waals surface area contributed by atoms with E-state index in [9.17, 15) is 9.59 Å². The van der Waals surface area contributed by atoms with Gasteiger partial charge in [-0.3, -0.25) is 9.59 Å². The van der Waals surface area contributed by atoms with Crippen LogP contribution in [0.1, 0.15) is 38.2 Å². The maximum Gasteiger partial charge on any atom is 0.293 e. The molecule has 104 valence electrons. The number of carbonyl (C=O) groups excluding carboxylic acids is 2. The van der Waals surface area contributed by atoms with Crippen molar-refractivity contribution >= 4 is 18.1 Å². The number of rotatable bonds is 9. The van der Waals surface area contributed by atoms with E-state index in [1.165, 1.54) is 0 Å². The molecule has 0 aromatic heterocycles. The van der Waals surface area contributed by atoms with E-state index in [4.69, 9.17) is 0 Å². The Balaban J connectivity index is 2.51. The van der Waals surface area contributed by atoms with Gasteiger partial charge in [0.25, 0.3) is 6.47 Å². The molecular formula is C15H21NO3. The molecule has 0 atom stereocenters. The van der Waals surface area contributed by atoms with E-state index < -0.39 is 0 Å². The fraction of sp³-hybridized carbons (Fsp3) is 0.467. The lowest BCUT2D eigenvalue weighted by atomic mass is 10.1. The lowest BCUT2D eigenvalue weighted by Crippen LogP contribution is -2.13. The van der Waals surface area contributed by atoms with Crippen molar-refractivity contribution in [3.63, 3.8) is 0 Å². The van der Waals surface area contributed by atoms with Crippen LogP contribution in [0.2, 0.25) is 0 Å². The monoisotopic (exact) mass is 263 g/mol. The molecule has 0 bridgehead atoms. The number of nitrogens with one attached hydrogen (secondary N) is 1. The van der Waals surface area contributed by atoms with Crippen molar-refractivity contribution in [1.29, 1.82) is 0 Å². The Labute approximate surface area is 114 Å². The molecule has 0 fully saturated rings. The van der Waals surface area contributed by atoms with Crippen LogP contribution in [-0.4, -0.2) is 19.0 Å². The number of unbranched alkanes of at least 4 members (excludes halogenated alkanes) is 2. The topological polar surface area (TPSA) is 55.4 Å². The SMILES string of the molecule is CCCCCC(=O)Nc1ccccc1CCOC=O. The molecule has 0 unspecified atom stereocenters. The molecule has 0 saturated carbocycles. The molecule has 0 aliphatic heterocycles. The minimum Gasteiger partial charge on any atom is -0.468 e. The van der Waals surface area contributed by atoms with Crippen molar-refractivity contribution in [2.75, 3.05) is 11.9 Å². The number of amides is 1. The summed E-state index contributed by atoms with van der Waals surface area (Å²) in [6.45, 7) is 2.87. The van der Waals surface area contributed by atoms with Gasteiger partial charge in [-0.05, 0) is 18.1 Å². The Kier molecular flexibility index (Phi) is 7.32. The van der Waals surface area contributed by atoms with Gasteiger partial charge in [0.05, 0.1) is 6.61 Å². The average Bonchev–Trinajstić information content (AvgIpc) is 2.41. The van der Waals surface area contributed by atoms with Gasteiger partial charge in [0.2, 0.25) is 5.91 Å². The average molecular weight is 263 g/mol. The molecule has 1 aromatic rings. The number of hydrogen-bond donors (Lipinski definition) is 1. The predicted molar refractivity (Wildman–Crippen MR) is 74.9 cm³/mol. The number of ether oxygens (including phenoxy) is 1. The molecule has 0 saturated heterocycles. The van der Waals surface area contributed by atoms with Crippen molar-refractivity contribution in [3.05, 3.63) is 29.8 Å². The molecule has 1 rings (SSSR count). The molecule has 0 aliphatic rings. The molecule has 0 heterocycles. The van der Waals surface area contributed by atoms with Gasteiger partial charge in [-0.1, -0.05) is 38.0 Å². The van der Waals surface area contributed by atoms with Crippen molar-refractivity contribution < 1.29 is 14.3 Å². The zero-order chi connectivity index (χ0) is 13.9. The summed E-state index contributed by atoms with van der Waals surface area (Å²) < 4.78 is 4.68. The summed E-state index contributed by atoms with van der Waals surface area (Å²) in [6.07, 6.45) is 4.24. The molecule has 0 aliphatic carbocycles. The largest absolute Gasteiger partial charge is 0.468 e. The lowest BCUT2D eigenvalue weighted by molar-refractivity contribution is -0.128. The van der Waals surface area contributed by atoms with Crippen LogP contribution in [0.25, 0.3) is 0 Å². The molecule has 0 radical (unpaired) electrons. The summed E-state index contributed by atoms with van der Waals surface area (Å²) in [4.78, 5) is 21.9. The zero-order valence-electron chi connectivity index (χ0n) is 11.4. The summed E-state index contributed by atoms with van der Waals surface area (Å²) in [6, 6.07) is 7.58. The molecule has 1 N–H and O–H groups in total. The van der Waals surface area contributed by atoms with Crippen molar-refractivity contribution in [2.24, 2.45) is 0 Å². The fourth-order valence-electron chi connectivity index (χ4n) is 1.83. The highest BCUT2D eigenvalue weighted by molar-refractivity contribution is 5.91. The predicted octanol–water partition coefficient (Wildman–Crippen LogP) is 2.92. The highest BCUT2D eigenvalue weighted by Crippen LogP contribution is 2.16. The highest BCUT2D eigenvalue weighted by Gasteiger charge is 2.06. The molecule has 0 spiro atoms. The lowest BCUT2D eigenvalue weighted by Gasteiger charge is -2.10. The zero-order valence-corrected chi connectivity index (χ0v) is 11.4. The number of hydrogen-bond acceptors (Lipinski definition) is 3. The third kappa shape index (κ3) is 6.04. The molecule has 19 heavy (non-hydrogen) atoms. The maximum atomic E-state index is 11.8. The van der Waals surface area contributed by atoms with E-state index in [0.29, 0.717) is 25.9 Å². The van der Waals surface area contributed by atoms with Crippen LogP contribution in [-0.2, 0) is 20.7 Å². The van der Waals surface area contributed by atoms with Crippen LogP contribution in [0.4, 0.5) is 5.69 Å². The Hall–Kier alpha value is -1.84. The standard InChI is InChI=1S/C15H21NO3/c1-2-3-4-9-15(18)16-14-8-6-5-7-13(14)10-11-19-12-17/h5-8,12H,2-4,9-11H2,1H3,(H,16,18). The maximum absolute atomic E-state index is 11.8. The van der Waals surface area contributed by atoms with Gasteiger partial charge < -0.3 is 10.1 Å². The minimum absolute atomic E-state index is 0.0391. The minimum atomic E-state index is 0.0391. The van der Waals surface area contributed by atoms with E-state index >= 15 is 0 Å². The van der Waals surface area contributed by atoms with Gasteiger partial charge in [0, 0.05) is 18.5 Å². The molecule has 1 amide bonds. The summed E-state index contributed by atoms with van der Waals surface area (Å²) >= 11 is 0. The van der Waals surface area contributed by atoms with Crippen LogP contribution in [0.3, 0.4) is 0 Å². The van der Waals surface area contributed by atoms with Gasteiger partial charge >= 0.3 is 0 Å². The first-order chi connectivity index (χ1) is 9.27. The van der Waals surface area contributed by atoms with E-state index in [1.807, 2.05) is 24.3 Å². The smallest absolute Gasteiger partial charge is 0.293 e. The molecule has 1 aromatic carbocycles. The van der Waals surface area contributed by atoms with Crippen molar-refractivity contribution in [1.82, 2.24) is 0 Å². The summed E-state index contributed by atoms with van der Waals surface area (Å²) in [5.41, 5.74) is 1.78. The van der Waals surface area contributed by atoms with Crippen LogP contribution < -0.4 is 5.32 Å². The van der Waals surface area contributed by atoms with E-state index in [1.54, 1.807) is 0 Å². The molecule has 4 nitrogen and oxygen atoms in total. The van der Waals surface area contributed by atoms with Crippen LogP contribution in [0.5, 0.6) is 0 Å². The third-order valence-corrected chi connectivity index (χ3v) is 2.86. The van der Waals surface area contributed by atoms with E-state index in [0.717, 1.165) is 30.5 Å². The highest BCUT2D eigenvalue weighted by atomic mass is 16.5. The Bertz CT molecular complexity index is 404. The van der Waals surface area contributed by atoms with Crippen LogP contribution in [0.15, 0.2) is 24.3 Å². The summed E-state index contributed by atoms with van der Waals surface area (Å²) in [5.74, 6) is 0.0391. The van der Waals surface area contributed by atoms with Gasteiger partial charge in [-0.2, -0.15) is 0 Å². The normalized spacial score (nSPS) is 9.95. The first-order valence-corrected chi connectivity index (χ1v) is 6.71. The Morgan fingerprint density at radius 1 is 1.32 bits per heavy atom. The molecular weight excluding hydrogens is 242 g/mol. The number of para-hydroxylation sites is 1. The van der Waals surface area contributed by atoms with Gasteiger partial charge in [0.15, 0.2) is 0 Å². The molecule has 4 heteroatoms. The van der Waals surface area contributed by atoms with Gasteiger partial charge in [0.1, 0.15) is 0 Å². The second kappa shape index (κ2) is 9.14. The van der Waals surface area contributed by atoms with E-state index in [2.05, 4.69) is 17.0 Å². The fourth-order valence-corrected chi connectivity index (χ4v) is 1.83. The second-order valence-electron chi connectivity index (χ2n) is 4.38. The number of carbonyl (C=O) groups is 2.